The number of para-hydroxylation sites is 2. The van der Waals surface area contributed by atoms with Crippen LogP contribution in [-0.4, -0.2) is 42.8 Å². The molecule has 3 aromatic carbocycles. The number of benzene rings is 3. The second-order valence-electron chi connectivity index (χ2n) is 9.73. The van der Waals surface area contributed by atoms with Gasteiger partial charge in [-0.05, 0) is 62.2 Å². The molecule has 3 amide bonds. The summed E-state index contributed by atoms with van der Waals surface area (Å²) in [4.78, 5) is 40.1. The van der Waals surface area contributed by atoms with Crippen LogP contribution in [0.5, 0.6) is 5.75 Å². The summed E-state index contributed by atoms with van der Waals surface area (Å²) in [7, 11) is 0. The number of carbonyl (C=O) groups is 3. The predicted octanol–water partition coefficient (Wildman–Crippen LogP) is 5.69. The smallest absolute Gasteiger partial charge is 0.275 e. The molecule has 9 heteroatoms. The molecule has 2 N–H and O–H groups in total. The van der Waals surface area contributed by atoms with Gasteiger partial charge in [-0.25, -0.2) is 8.78 Å². The van der Waals surface area contributed by atoms with Crippen molar-refractivity contribution in [1.29, 1.82) is 0 Å². The number of anilines is 2. The Balaban J connectivity index is 1.37. The van der Waals surface area contributed by atoms with Crippen LogP contribution in [0.2, 0.25) is 0 Å². The monoisotopic (exact) mass is 545 g/mol. The van der Waals surface area contributed by atoms with Crippen molar-refractivity contribution in [3.8, 4) is 5.75 Å². The molecule has 5 rings (SSSR count). The van der Waals surface area contributed by atoms with Gasteiger partial charge in [0.25, 0.3) is 17.7 Å². The van der Waals surface area contributed by atoms with Gasteiger partial charge in [0.05, 0.1) is 17.9 Å². The Bertz CT molecular complexity index is 1470. The first kappa shape index (κ1) is 27.1. The second kappa shape index (κ2) is 11.3. The van der Waals surface area contributed by atoms with Crippen LogP contribution in [-0.2, 0) is 4.79 Å². The number of hydrogen-bond acceptors (Lipinski definition) is 4. The fraction of sp³-hybridized carbons (Fsp3) is 0.258. The number of amides is 3. The molecular weight excluding hydrogens is 516 g/mol. The summed E-state index contributed by atoms with van der Waals surface area (Å²) >= 11 is 0. The van der Waals surface area contributed by atoms with Crippen LogP contribution >= 0.6 is 0 Å². The first-order chi connectivity index (χ1) is 19.3. The van der Waals surface area contributed by atoms with Crippen molar-refractivity contribution in [3.63, 3.8) is 0 Å². The van der Waals surface area contributed by atoms with Gasteiger partial charge >= 0.3 is 0 Å². The molecule has 206 valence electrons. The van der Waals surface area contributed by atoms with Crippen LogP contribution in [0.3, 0.4) is 0 Å². The highest BCUT2D eigenvalue weighted by Crippen LogP contribution is 2.43. The Morgan fingerprint density at radius 3 is 2.42 bits per heavy atom. The van der Waals surface area contributed by atoms with Crippen molar-refractivity contribution in [2.75, 3.05) is 23.4 Å². The highest BCUT2D eigenvalue weighted by molar-refractivity contribution is 6.10. The van der Waals surface area contributed by atoms with Crippen LogP contribution < -0.4 is 20.3 Å². The lowest BCUT2D eigenvalue weighted by Crippen LogP contribution is -2.33. The molecule has 0 radical (unpaired) electrons. The molecule has 2 aliphatic rings. The van der Waals surface area contributed by atoms with E-state index in [2.05, 4.69) is 10.6 Å². The Morgan fingerprint density at radius 2 is 1.70 bits per heavy atom. The summed E-state index contributed by atoms with van der Waals surface area (Å²) in [5, 5.41) is 5.51. The average molecular weight is 546 g/mol. The highest BCUT2D eigenvalue weighted by Gasteiger charge is 2.41. The van der Waals surface area contributed by atoms with Crippen LogP contribution in [0.25, 0.3) is 5.57 Å². The van der Waals surface area contributed by atoms with E-state index in [1.165, 1.54) is 23.1 Å². The molecular formula is C31H29F2N3O4. The van der Waals surface area contributed by atoms with E-state index in [0.717, 1.165) is 18.9 Å². The molecule has 40 heavy (non-hydrogen) atoms. The van der Waals surface area contributed by atoms with E-state index in [4.69, 9.17) is 4.74 Å². The minimum Gasteiger partial charge on any atom is -0.493 e. The van der Waals surface area contributed by atoms with Crippen molar-refractivity contribution in [2.24, 2.45) is 0 Å². The molecule has 0 unspecified atom stereocenters. The first-order valence-electron chi connectivity index (χ1n) is 13.2. The van der Waals surface area contributed by atoms with Crippen LogP contribution in [0.15, 0.2) is 78.9 Å². The topological polar surface area (TPSA) is 87.7 Å². The third kappa shape index (κ3) is 5.88. The van der Waals surface area contributed by atoms with Gasteiger partial charge in [0.1, 0.15) is 5.75 Å². The number of fused-ring (bicyclic) bond motifs is 1. The lowest BCUT2D eigenvalue weighted by atomic mass is 9.97. The van der Waals surface area contributed by atoms with Gasteiger partial charge in [0, 0.05) is 47.5 Å². The molecule has 3 aromatic rings. The van der Waals surface area contributed by atoms with Crippen LogP contribution in [0.4, 0.5) is 20.2 Å². The summed E-state index contributed by atoms with van der Waals surface area (Å²) in [5.41, 5.74) is 1.15. The highest BCUT2D eigenvalue weighted by atomic mass is 19.3. The van der Waals surface area contributed by atoms with Crippen LogP contribution in [0, 0.1) is 0 Å². The quantitative estimate of drug-likeness (QED) is 0.374. The van der Waals surface area contributed by atoms with E-state index in [0.29, 0.717) is 29.3 Å². The zero-order chi connectivity index (χ0) is 28.3. The first-order valence-corrected chi connectivity index (χ1v) is 13.2. The second-order valence-corrected chi connectivity index (χ2v) is 9.73. The van der Waals surface area contributed by atoms with Gasteiger partial charge in [-0.1, -0.05) is 30.3 Å². The van der Waals surface area contributed by atoms with E-state index < -0.39 is 29.7 Å². The third-order valence-electron chi connectivity index (χ3n) is 6.79. The van der Waals surface area contributed by atoms with Crippen LogP contribution in [0.1, 0.15) is 52.5 Å². The van der Waals surface area contributed by atoms with Gasteiger partial charge in [-0.3, -0.25) is 14.4 Å². The molecule has 1 aliphatic carbocycles. The molecule has 0 aromatic heterocycles. The molecule has 7 nitrogen and oxygen atoms in total. The number of hydrogen-bond donors (Lipinski definition) is 2. The zero-order valence-corrected chi connectivity index (χ0v) is 22.0. The molecule has 0 spiro atoms. The minimum atomic E-state index is -3.31. The Labute approximate surface area is 230 Å². The summed E-state index contributed by atoms with van der Waals surface area (Å²) in [6, 6.07) is 19.5. The van der Waals surface area contributed by atoms with Gasteiger partial charge in [-0.15, -0.1) is 0 Å². The van der Waals surface area contributed by atoms with E-state index in [1.54, 1.807) is 54.6 Å². The van der Waals surface area contributed by atoms with E-state index in [-0.39, 0.29) is 29.6 Å². The van der Waals surface area contributed by atoms with Crippen molar-refractivity contribution in [1.82, 2.24) is 5.32 Å². The number of nitrogens with one attached hydrogen (secondary N) is 2. The molecule has 1 fully saturated rings. The molecule has 0 bridgehead atoms. The summed E-state index contributed by atoms with van der Waals surface area (Å²) < 4.78 is 36.2. The third-order valence-corrected chi connectivity index (χ3v) is 6.79. The van der Waals surface area contributed by atoms with Gasteiger partial charge in [-0.2, -0.15) is 0 Å². The predicted molar refractivity (Wildman–Crippen MR) is 149 cm³/mol. The molecule has 1 saturated carbocycles. The Hall–Kier alpha value is -4.53. The lowest BCUT2D eigenvalue weighted by molar-refractivity contribution is -0.116. The number of rotatable bonds is 7. The maximum Gasteiger partial charge on any atom is 0.275 e. The number of halogens is 2. The van der Waals surface area contributed by atoms with E-state index in [9.17, 15) is 14.4 Å². The fourth-order valence-electron chi connectivity index (χ4n) is 4.62. The summed E-state index contributed by atoms with van der Waals surface area (Å²) in [6.45, 7) is 2.01. The largest absolute Gasteiger partial charge is 0.493 e. The number of allylic oxidation sites excluding steroid dienone is 1. The Morgan fingerprint density at radius 1 is 1.00 bits per heavy atom. The standard InChI is InChI=1S/C31H29F2N3O4/c1-2-40-27-10-6-4-8-24(27)29(38)35-22-13-11-20(12-14-22)30(39)36-18-17-31(32,33)25(19-28(37)34-21-15-16-21)23-7-3-5-9-26(23)36/h3-14,19,21H,2,15-18H2,1H3,(H,34,37)(H,35,38). The fourth-order valence-corrected chi connectivity index (χ4v) is 4.62. The van der Waals surface area contributed by atoms with Gasteiger partial charge in [0.15, 0.2) is 0 Å². The van der Waals surface area contributed by atoms with Crippen molar-refractivity contribution in [2.45, 2.75) is 38.2 Å². The van der Waals surface area contributed by atoms with E-state index in [1.807, 2.05) is 6.92 Å². The van der Waals surface area contributed by atoms with E-state index >= 15 is 8.78 Å². The SMILES string of the molecule is CCOc1ccccc1C(=O)Nc1ccc(C(=O)N2CCC(F)(F)C(=CC(=O)NC3CC3)c3ccccc32)cc1. The molecule has 0 saturated heterocycles. The van der Waals surface area contributed by atoms with Crippen molar-refractivity contribution < 1.29 is 27.9 Å². The molecule has 0 atom stereocenters. The van der Waals surface area contributed by atoms with Gasteiger partial charge in [0.2, 0.25) is 5.91 Å². The number of nitrogens with zero attached hydrogens (tertiary/aromatic N) is 1. The van der Waals surface area contributed by atoms with Crippen molar-refractivity contribution >= 4 is 34.7 Å². The van der Waals surface area contributed by atoms with Gasteiger partial charge < -0.3 is 20.3 Å². The zero-order valence-electron chi connectivity index (χ0n) is 22.0. The number of carbonyl (C=O) groups excluding carboxylic acids is 3. The summed E-state index contributed by atoms with van der Waals surface area (Å²) in [6.07, 6.45) is 2.01. The lowest BCUT2D eigenvalue weighted by Gasteiger charge is -2.23. The summed E-state index contributed by atoms with van der Waals surface area (Å²) in [5.74, 6) is -4.24. The molecule has 1 aliphatic heterocycles. The Kier molecular flexibility index (Phi) is 7.64. The normalized spacial score (nSPS) is 17.0. The molecule has 1 heterocycles. The minimum absolute atomic E-state index is 0.0317. The number of ether oxygens (including phenoxy) is 1. The van der Waals surface area contributed by atoms with Crippen molar-refractivity contribution in [3.05, 3.63) is 95.6 Å². The number of alkyl halides is 2. The average Bonchev–Trinajstić information content (AvgIpc) is 3.77. The maximum atomic E-state index is 15.3. The maximum absolute atomic E-state index is 15.3.